The van der Waals surface area contributed by atoms with E-state index in [1.165, 1.54) is 18.4 Å². The van der Waals surface area contributed by atoms with Gasteiger partial charge in [-0.15, -0.1) is 0 Å². The first-order valence-electron chi connectivity index (χ1n) is 9.95. The number of carbonyl (C=O) groups excluding carboxylic acids is 1. The zero-order valence-electron chi connectivity index (χ0n) is 16.2. The van der Waals surface area contributed by atoms with Gasteiger partial charge in [0.2, 0.25) is 5.91 Å². The van der Waals surface area contributed by atoms with E-state index in [-0.39, 0.29) is 22.8 Å². The van der Waals surface area contributed by atoms with Gasteiger partial charge in [0, 0.05) is 36.3 Å². The highest BCUT2D eigenvalue weighted by Gasteiger charge is 2.40. The zero-order chi connectivity index (χ0) is 18.9. The maximum atomic E-state index is 13.2. The number of hydrogen-bond donors (Lipinski definition) is 1. The molecule has 1 aliphatic heterocycles. The van der Waals surface area contributed by atoms with E-state index < -0.39 is 0 Å². The standard InChI is InChI=1S/C23H28N2O2/c1-22(2)15-19(18-7-3-4-8-20(18)27-22)21(26)25-16-23(11-5-6-12-23)17-9-13-24-14-10-17/h3-4,7-10,13-14,19H,5-6,11-12,15-16H2,1-2H3,(H,25,26). The number of aromatic nitrogens is 1. The lowest BCUT2D eigenvalue weighted by Gasteiger charge is -2.37. The molecule has 0 radical (unpaired) electrons. The van der Waals surface area contributed by atoms with E-state index in [2.05, 4.69) is 36.3 Å². The average molecular weight is 364 g/mol. The fraction of sp³-hybridized carbons (Fsp3) is 0.478. The van der Waals surface area contributed by atoms with Crippen LogP contribution in [0, 0.1) is 0 Å². The van der Waals surface area contributed by atoms with Crippen molar-refractivity contribution >= 4 is 5.91 Å². The Hall–Kier alpha value is -2.36. The molecule has 0 spiro atoms. The van der Waals surface area contributed by atoms with Gasteiger partial charge in [0.15, 0.2) is 0 Å². The van der Waals surface area contributed by atoms with E-state index in [1.54, 1.807) is 0 Å². The lowest BCUT2D eigenvalue weighted by molar-refractivity contribution is -0.124. The number of fused-ring (bicyclic) bond motifs is 1. The largest absolute Gasteiger partial charge is 0.488 e. The van der Waals surface area contributed by atoms with Gasteiger partial charge >= 0.3 is 0 Å². The third-order valence-electron chi connectivity index (χ3n) is 6.15. The number of carbonyl (C=O) groups is 1. The molecule has 2 heterocycles. The SMILES string of the molecule is CC1(C)CC(C(=O)NCC2(c3ccncc3)CCCC2)c2ccccc2O1. The van der Waals surface area contributed by atoms with Crippen molar-refractivity contribution in [1.29, 1.82) is 0 Å². The molecule has 2 aromatic rings. The molecule has 1 atom stereocenters. The van der Waals surface area contributed by atoms with E-state index in [0.29, 0.717) is 13.0 Å². The second-order valence-corrected chi connectivity index (χ2v) is 8.60. The summed E-state index contributed by atoms with van der Waals surface area (Å²) in [5, 5.41) is 3.30. The molecular weight excluding hydrogens is 336 g/mol. The summed E-state index contributed by atoms with van der Waals surface area (Å²) in [6.07, 6.45) is 9.07. The van der Waals surface area contributed by atoms with Crippen LogP contribution in [0.1, 0.15) is 63.0 Å². The van der Waals surface area contributed by atoms with Crippen molar-refractivity contribution in [1.82, 2.24) is 10.3 Å². The van der Waals surface area contributed by atoms with E-state index >= 15 is 0 Å². The number of amides is 1. The fourth-order valence-electron chi connectivity index (χ4n) is 4.74. The molecule has 142 valence electrons. The van der Waals surface area contributed by atoms with Crippen LogP contribution in [0.25, 0.3) is 0 Å². The Balaban J connectivity index is 1.54. The molecule has 1 unspecified atom stereocenters. The van der Waals surface area contributed by atoms with Crippen LogP contribution in [0.4, 0.5) is 0 Å². The van der Waals surface area contributed by atoms with Crippen LogP contribution in [0.3, 0.4) is 0 Å². The van der Waals surface area contributed by atoms with Crippen molar-refractivity contribution in [3.63, 3.8) is 0 Å². The van der Waals surface area contributed by atoms with Crippen LogP contribution in [0.5, 0.6) is 5.75 Å². The van der Waals surface area contributed by atoms with Gasteiger partial charge < -0.3 is 10.1 Å². The Bertz CT molecular complexity index is 810. The van der Waals surface area contributed by atoms with Crippen LogP contribution in [-0.4, -0.2) is 23.0 Å². The lowest BCUT2D eigenvalue weighted by Crippen LogP contribution is -2.44. The molecule has 1 aromatic heterocycles. The number of benzene rings is 1. The minimum atomic E-state index is -0.341. The number of para-hydroxylation sites is 1. The molecule has 4 heteroatoms. The summed E-state index contributed by atoms with van der Waals surface area (Å²) in [7, 11) is 0. The Morgan fingerprint density at radius 2 is 1.85 bits per heavy atom. The van der Waals surface area contributed by atoms with Crippen molar-refractivity contribution in [3.8, 4) is 5.75 Å². The topological polar surface area (TPSA) is 51.2 Å². The van der Waals surface area contributed by atoms with Crippen molar-refractivity contribution in [2.75, 3.05) is 6.54 Å². The third-order valence-corrected chi connectivity index (χ3v) is 6.15. The first-order chi connectivity index (χ1) is 13.0. The first-order valence-corrected chi connectivity index (χ1v) is 9.95. The van der Waals surface area contributed by atoms with Gasteiger partial charge in [0.1, 0.15) is 11.4 Å². The monoisotopic (exact) mass is 364 g/mol. The molecule has 0 bridgehead atoms. The summed E-state index contributed by atoms with van der Waals surface area (Å²) in [5.74, 6) is 0.776. The number of rotatable bonds is 4. The van der Waals surface area contributed by atoms with Crippen molar-refractivity contribution in [2.24, 2.45) is 0 Å². The Labute approximate surface area is 161 Å². The van der Waals surface area contributed by atoms with E-state index in [1.807, 2.05) is 36.7 Å². The van der Waals surface area contributed by atoms with Gasteiger partial charge in [-0.2, -0.15) is 0 Å². The van der Waals surface area contributed by atoms with Crippen LogP contribution >= 0.6 is 0 Å². The van der Waals surface area contributed by atoms with Gasteiger partial charge in [-0.05, 0) is 50.5 Å². The average Bonchev–Trinajstić information content (AvgIpc) is 3.16. The molecule has 1 aromatic carbocycles. The van der Waals surface area contributed by atoms with Gasteiger partial charge in [-0.3, -0.25) is 9.78 Å². The molecule has 0 saturated heterocycles. The highest BCUT2D eigenvalue weighted by Crippen LogP contribution is 2.42. The molecule has 1 saturated carbocycles. The summed E-state index contributed by atoms with van der Waals surface area (Å²) in [5.41, 5.74) is 1.99. The van der Waals surface area contributed by atoms with Crippen molar-refractivity contribution < 1.29 is 9.53 Å². The second kappa shape index (κ2) is 6.99. The number of nitrogens with one attached hydrogen (secondary N) is 1. The molecule has 1 N–H and O–H groups in total. The lowest BCUT2D eigenvalue weighted by atomic mass is 9.78. The molecule has 4 rings (SSSR count). The summed E-state index contributed by atoms with van der Waals surface area (Å²) < 4.78 is 6.08. The molecule has 1 aliphatic carbocycles. The Morgan fingerprint density at radius 3 is 2.59 bits per heavy atom. The normalized spacial score (nSPS) is 22.5. The molecule has 4 nitrogen and oxygen atoms in total. The van der Waals surface area contributed by atoms with E-state index in [4.69, 9.17) is 4.74 Å². The molecule has 1 amide bonds. The summed E-state index contributed by atoms with van der Waals surface area (Å²) >= 11 is 0. The molecule has 27 heavy (non-hydrogen) atoms. The van der Waals surface area contributed by atoms with Crippen LogP contribution in [0.2, 0.25) is 0 Å². The van der Waals surface area contributed by atoms with E-state index in [0.717, 1.165) is 24.2 Å². The minimum Gasteiger partial charge on any atom is -0.488 e. The number of ether oxygens (including phenoxy) is 1. The number of nitrogens with zero attached hydrogens (tertiary/aromatic N) is 1. The van der Waals surface area contributed by atoms with Crippen LogP contribution < -0.4 is 10.1 Å². The maximum absolute atomic E-state index is 13.2. The minimum absolute atomic E-state index is 0.0405. The Morgan fingerprint density at radius 1 is 1.15 bits per heavy atom. The summed E-state index contributed by atoms with van der Waals surface area (Å²) in [6, 6.07) is 12.1. The highest BCUT2D eigenvalue weighted by atomic mass is 16.5. The van der Waals surface area contributed by atoms with Gasteiger partial charge in [0.05, 0.1) is 5.92 Å². The molecule has 2 aliphatic rings. The summed E-state index contributed by atoms with van der Waals surface area (Å²) in [4.78, 5) is 17.4. The van der Waals surface area contributed by atoms with Gasteiger partial charge in [0.25, 0.3) is 0 Å². The molecular formula is C23H28N2O2. The Kier molecular flexibility index (Phi) is 4.67. The van der Waals surface area contributed by atoms with Crippen molar-refractivity contribution in [2.45, 2.75) is 62.9 Å². The van der Waals surface area contributed by atoms with Gasteiger partial charge in [-0.25, -0.2) is 0 Å². The predicted molar refractivity (Wildman–Crippen MR) is 106 cm³/mol. The predicted octanol–water partition coefficient (Wildman–Crippen LogP) is 4.35. The van der Waals surface area contributed by atoms with Crippen LogP contribution in [-0.2, 0) is 10.2 Å². The maximum Gasteiger partial charge on any atom is 0.227 e. The number of hydrogen-bond acceptors (Lipinski definition) is 3. The second-order valence-electron chi connectivity index (χ2n) is 8.60. The third kappa shape index (κ3) is 3.58. The summed E-state index contributed by atoms with van der Waals surface area (Å²) in [6.45, 7) is 4.80. The quantitative estimate of drug-likeness (QED) is 0.877. The van der Waals surface area contributed by atoms with Crippen molar-refractivity contribution in [3.05, 3.63) is 59.9 Å². The molecule has 1 fully saturated rings. The fourth-order valence-corrected chi connectivity index (χ4v) is 4.74. The first kappa shape index (κ1) is 18.0. The zero-order valence-corrected chi connectivity index (χ0v) is 16.2. The smallest absolute Gasteiger partial charge is 0.227 e. The van der Waals surface area contributed by atoms with Gasteiger partial charge in [-0.1, -0.05) is 31.0 Å². The van der Waals surface area contributed by atoms with Crippen LogP contribution in [0.15, 0.2) is 48.8 Å². The number of pyridine rings is 1. The highest BCUT2D eigenvalue weighted by molar-refractivity contribution is 5.85. The van der Waals surface area contributed by atoms with E-state index in [9.17, 15) is 4.79 Å².